The molecule has 9 nitrogen and oxygen atoms in total. The monoisotopic (exact) mass is 412 g/mol. The molecule has 0 bridgehead atoms. The Bertz CT molecular complexity index is 725. The third-order valence-electron chi connectivity index (χ3n) is 4.66. The minimum atomic E-state index is -3.01. The van der Waals surface area contributed by atoms with E-state index in [1.807, 2.05) is 13.8 Å². The summed E-state index contributed by atoms with van der Waals surface area (Å²) >= 11 is 0. The number of carboxylic acid groups (broad SMARTS) is 1. The summed E-state index contributed by atoms with van der Waals surface area (Å²) in [6.45, 7) is 5.88. The second-order valence-electron chi connectivity index (χ2n) is 6.56. The molecule has 0 spiro atoms. The van der Waals surface area contributed by atoms with Crippen LogP contribution in [0.1, 0.15) is 38.7 Å². The summed E-state index contributed by atoms with van der Waals surface area (Å²) in [5, 5.41) is 8.88. The van der Waals surface area contributed by atoms with Gasteiger partial charge in [0.05, 0.1) is 24.9 Å². The van der Waals surface area contributed by atoms with E-state index in [-0.39, 0.29) is 5.82 Å². The molecule has 0 aromatic carbocycles. The van der Waals surface area contributed by atoms with E-state index in [4.69, 9.17) is 19.9 Å². The van der Waals surface area contributed by atoms with Gasteiger partial charge in [-0.05, 0) is 45.1 Å². The number of anilines is 2. The topological polar surface area (TPSA) is 128 Å². The zero-order valence-corrected chi connectivity index (χ0v) is 17.3. The first-order valence-corrected chi connectivity index (χ1v) is 11.3. The summed E-state index contributed by atoms with van der Waals surface area (Å²) in [5.74, 6) is 0.250. The molecule has 1 aromatic heterocycles. The van der Waals surface area contributed by atoms with E-state index in [1.54, 1.807) is 0 Å². The second-order valence-corrected chi connectivity index (χ2v) is 8.74. The number of aliphatic carboxylic acids is 1. The maximum Gasteiger partial charge on any atom is 0.330 e. The number of hydrogen-bond donors (Lipinski definition) is 2. The van der Waals surface area contributed by atoms with Gasteiger partial charge in [0.25, 0.3) is 0 Å². The van der Waals surface area contributed by atoms with Crippen LogP contribution in [0.15, 0.2) is 12.4 Å². The molecule has 2 rings (SSSR count). The molecule has 10 heteroatoms. The van der Waals surface area contributed by atoms with Crippen LogP contribution >= 0.6 is 7.60 Å². The zero-order chi connectivity index (χ0) is 20.6. The minimum Gasteiger partial charge on any atom is -0.478 e. The maximum atomic E-state index is 12.6. The molecule has 1 saturated heterocycles. The fourth-order valence-electron chi connectivity index (χ4n) is 3.30. The van der Waals surface area contributed by atoms with Crippen LogP contribution in [0, 0.1) is 5.92 Å². The molecule has 0 unspecified atom stereocenters. The molecule has 1 aromatic rings. The van der Waals surface area contributed by atoms with E-state index in [1.165, 1.54) is 12.4 Å². The highest BCUT2D eigenvalue weighted by Crippen LogP contribution is 2.49. The number of aromatic nitrogens is 2. The lowest BCUT2D eigenvalue weighted by Gasteiger charge is -2.34. The number of carbonyl (C=O) groups is 1. The van der Waals surface area contributed by atoms with Crippen molar-refractivity contribution in [1.29, 1.82) is 0 Å². The average Bonchev–Trinajstić information content (AvgIpc) is 2.66. The molecular weight excluding hydrogens is 383 g/mol. The first-order chi connectivity index (χ1) is 13.4. The van der Waals surface area contributed by atoms with E-state index < -0.39 is 13.6 Å². The van der Waals surface area contributed by atoms with Gasteiger partial charge in [-0.15, -0.1) is 0 Å². The number of nitrogen functional groups attached to an aromatic ring is 1. The van der Waals surface area contributed by atoms with E-state index in [0.29, 0.717) is 36.7 Å². The van der Waals surface area contributed by atoms with Gasteiger partial charge in [0.15, 0.2) is 0 Å². The molecule has 2 heterocycles. The zero-order valence-electron chi connectivity index (χ0n) is 16.4. The summed E-state index contributed by atoms with van der Waals surface area (Å²) in [4.78, 5) is 21.2. The number of carboxylic acids is 1. The third-order valence-corrected chi connectivity index (χ3v) is 6.77. The lowest BCUT2D eigenvalue weighted by Crippen LogP contribution is -2.35. The number of nitrogens with zero attached hydrogens (tertiary/aromatic N) is 3. The first kappa shape index (κ1) is 22.3. The molecule has 156 valence electrons. The Balaban J connectivity index is 1.98. The maximum absolute atomic E-state index is 12.6. The molecule has 0 amide bonds. The minimum absolute atomic E-state index is 0.249. The summed E-state index contributed by atoms with van der Waals surface area (Å²) in [6, 6.07) is 0. The van der Waals surface area contributed by atoms with Crippen molar-refractivity contribution in [2.75, 3.05) is 43.1 Å². The quantitative estimate of drug-likeness (QED) is 0.440. The van der Waals surface area contributed by atoms with Crippen LogP contribution in [0.5, 0.6) is 0 Å². The average molecular weight is 412 g/mol. The first-order valence-electron chi connectivity index (χ1n) is 9.53. The van der Waals surface area contributed by atoms with Gasteiger partial charge in [0, 0.05) is 19.2 Å². The van der Waals surface area contributed by atoms with Gasteiger partial charge in [0.2, 0.25) is 0 Å². The summed E-state index contributed by atoms with van der Waals surface area (Å²) in [7, 11) is -3.01. The van der Waals surface area contributed by atoms with Crippen LogP contribution < -0.4 is 10.6 Å². The van der Waals surface area contributed by atoms with Gasteiger partial charge in [-0.2, -0.15) is 0 Å². The highest BCUT2D eigenvalue weighted by Gasteiger charge is 2.28. The van der Waals surface area contributed by atoms with Crippen molar-refractivity contribution in [3.8, 4) is 0 Å². The highest BCUT2D eigenvalue weighted by atomic mass is 31.2. The van der Waals surface area contributed by atoms with Gasteiger partial charge in [0.1, 0.15) is 18.0 Å². The molecule has 0 atom stereocenters. The largest absolute Gasteiger partial charge is 0.478 e. The Morgan fingerprint density at radius 1 is 1.32 bits per heavy atom. The predicted molar refractivity (Wildman–Crippen MR) is 108 cm³/mol. The lowest BCUT2D eigenvalue weighted by molar-refractivity contribution is -0.131. The molecule has 0 radical (unpaired) electrons. The molecular formula is C18H29N4O5P. The Kier molecular flexibility index (Phi) is 8.41. The number of piperidine rings is 1. The Morgan fingerprint density at radius 3 is 2.54 bits per heavy atom. The Labute approximate surface area is 165 Å². The van der Waals surface area contributed by atoms with Crippen molar-refractivity contribution in [3.63, 3.8) is 0 Å². The second kappa shape index (κ2) is 10.5. The Hall–Kier alpha value is -1.96. The number of nitrogens with two attached hydrogens (primary N) is 1. The summed E-state index contributed by atoms with van der Waals surface area (Å²) in [5.41, 5.74) is 6.43. The van der Waals surface area contributed by atoms with E-state index in [2.05, 4.69) is 14.9 Å². The van der Waals surface area contributed by atoms with E-state index in [9.17, 15) is 9.36 Å². The van der Waals surface area contributed by atoms with Crippen LogP contribution in [0.4, 0.5) is 11.6 Å². The lowest BCUT2D eigenvalue weighted by atomic mass is 9.94. The fraction of sp³-hybridized carbons (Fsp3) is 0.611. The molecule has 1 aliphatic rings. The van der Waals surface area contributed by atoms with E-state index >= 15 is 0 Å². The summed E-state index contributed by atoms with van der Waals surface area (Å²) < 4.78 is 23.3. The highest BCUT2D eigenvalue weighted by molar-refractivity contribution is 7.53. The number of hydrogen-bond acceptors (Lipinski definition) is 8. The van der Waals surface area contributed by atoms with Crippen molar-refractivity contribution >= 4 is 31.3 Å². The van der Waals surface area contributed by atoms with Crippen LogP contribution in [-0.2, 0) is 18.4 Å². The summed E-state index contributed by atoms with van der Waals surface area (Å²) in [6.07, 6.45) is 6.86. The normalized spacial score (nSPS) is 16.0. The van der Waals surface area contributed by atoms with Crippen LogP contribution in [0.25, 0.3) is 6.08 Å². The standard InChI is InChI=1S/C18H29N4O5P/c1-3-26-28(25,27-4-2)12-9-14-7-10-22(11-8-14)18-15(5-6-16(23)24)17(19)20-13-21-18/h5-6,13-14H,3-4,7-12H2,1-2H3,(H,23,24)(H2,19,20,21)/b6-5+. The van der Waals surface area contributed by atoms with Crippen LogP contribution in [-0.4, -0.2) is 53.5 Å². The van der Waals surface area contributed by atoms with Gasteiger partial charge < -0.3 is 24.8 Å². The Morgan fingerprint density at radius 2 is 1.96 bits per heavy atom. The van der Waals surface area contributed by atoms with Crippen LogP contribution in [0.3, 0.4) is 0 Å². The predicted octanol–water partition coefficient (Wildman–Crippen LogP) is 3.03. The van der Waals surface area contributed by atoms with Crippen molar-refractivity contribution < 1.29 is 23.5 Å². The van der Waals surface area contributed by atoms with Crippen molar-refractivity contribution in [1.82, 2.24) is 9.97 Å². The van der Waals surface area contributed by atoms with Gasteiger partial charge in [-0.25, -0.2) is 14.8 Å². The van der Waals surface area contributed by atoms with Crippen LogP contribution in [0.2, 0.25) is 0 Å². The fourth-order valence-corrected chi connectivity index (χ4v) is 5.10. The molecule has 28 heavy (non-hydrogen) atoms. The molecule has 0 aliphatic carbocycles. The molecule has 3 N–H and O–H groups in total. The van der Waals surface area contributed by atoms with Gasteiger partial charge in [-0.1, -0.05) is 0 Å². The SMILES string of the molecule is CCOP(=O)(CCC1CCN(c2ncnc(N)c2/C=C/C(=O)O)CC1)OCC. The van der Waals surface area contributed by atoms with Crippen molar-refractivity contribution in [2.45, 2.75) is 33.1 Å². The molecule has 1 aliphatic heterocycles. The smallest absolute Gasteiger partial charge is 0.330 e. The third kappa shape index (κ3) is 6.29. The van der Waals surface area contributed by atoms with Gasteiger partial charge in [-0.3, -0.25) is 4.57 Å². The number of rotatable bonds is 10. The van der Waals surface area contributed by atoms with Crippen molar-refractivity contribution in [2.24, 2.45) is 5.92 Å². The van der Waals surface area contributed by atoms with E-state index in [0.717, 1.165) is 38.4 Å². The van der Waals surface area contributed by atoms with Gasteiger partial charge >= 0.3 is 13.6 Å². The molecule has 0 saturated carbocycles. The van der Waals surface area contributed by atoms with Crippen molar-refractivity contribution in [3.05, 3.63) is 18.0 Å². The molecule has 1 fully saturated rings.